The normalized spacial score (nSPS) is 12.6. The Hall–Kier alpha value is -8.17. The second kappa shape index (κ2) is 19.7. The number of fused-ring (bicyclic) bond motifs is 1. The molecule has 7 aromatic carbocycles. The zero-order chi connectivity index (χ0) is 55.7. The summed E-state index contributed by atoms with van der Waals surface area (Å²) in [5.74, 6) is -0.380. The van der Waals surface area contributed by atoms with Crippen LogP contribution in [0.15, 0.2) is 176 Å². The molecule has 10 rings (SSSR count). The van der Waals surface area contributed by atoms with Crippen molar-refractivity contribution in [1.82, 2.24) is 24.5 Å². The van der Waals surface area contributed by atoms with Gasteiger partial charge in [-0.25, -0.2) is 15.0 Å². The number of pyridine rings is 1. The number of halogens is 3. The number of phenolic OH excluding ortho intramolecular Hbond substituents is 1. The number of hydrogen-bond donors (Lipinski definition) is 1. The van der Waals surface area contributed by atoms with Gasteiger partial charge in [-0.1, -0.05) is 180 Å². The fourth-order valence-corrected chi connectivity index (χ4v) is 10.3. The first-order valence-electron chi connectivity index (χ1n) is 26.6. The zero-order valence-corrected chi connectivity index (χ0v) is 46.6. The van der Waals surface area contributed by atoms with Crippen molar-refractivity contribution in [1.29, 1.82) is 0 Å². The summed E-state index contributed by atoms with van der Waals surface area (Å²) in [4.78, 5) is 18.1. The molecule has 6 nitrogen and oxygen atoms in total. The van der Waals surface area contributed by atoms with Gasteiger partial charge in [0.25, 0.3) is 0 Å². The molecule has 0 aliphatic heterocycles. The van der Waals surface area contributed by atoms with Gasteiger partial charge >= 0.3 is 6.18 Å². The summed E-state index contributed by atoms with van der Waals surface area (Å²) in [7, 11) is 0. The molecule has 0 spiro atoms. The highest BCUT2D eigenvalue weighted by molar-refractivity contribution is 5.99. The SMILES string of the molecule is CC(C)(C)c1ccc(-n2c(-c3cc(C(C)(C)C)cc(C(C)(C)C)c3O)nc3c(-c4cc(-c5cc(-c6ccccc6)ccn5)cc(-c5ccc(-c6cnc(C(F)(F)F)nc6)cc5C(C)(C)C)c4)cccc32)c(-c2ccccc2)c1. The minimum absolute atomic E-state index is 0.141. The van der Waals surface area contributed by atoms with Crippen molar-refractivity contribution in [3.63, 3.8) is 0 Å². The van der Waals surface area contributed by atoms with E-state index in [9.17, 15) is 18.3 Å². The van der Waals surface area contributed by atoms with Gasteiger partial charge in [0.15, 0.2) is 0 Å². The van der Waals surface area contributed by atoms with Crippen LogP contribution in [0.4, 0.5) is 13.2 Å². The smallest absolute Gasteiger partial charge is 0.451 e. The highest BCUT2D eigenvalue weighted by Crippen LogP contribution is 2.47. The number of para-hydroxylation sites is 1. The maximum atomic E-state index is 13.6. The average molecular weight is 1040 g/mol. The molecule has 9 heteroatoms. The topological polar surface area (TPSA) is 76.7 Å². The van der Waals surface area contributed by atoms with Crippen molar-refractivity contribution < 1.29 is 18.3 Å². The van der Waals surface area contributed by atoms with E-state index in [1.807, 2.05) is 54.7 Å². The van der Waals surface area contributed by atoms with Crippen molar-refractivity contribution in [3.05, 3.63) is 204 Å². The van der Waals surface area contributed by atoms with Gasteiger partial charge in [-0.3, -0.25) is 9.55 Å². The van der Waals surface area contributed by atoms with Crippen molar-refractivity contribution in [2.24, 2.45) is 0 Å². The average Bonchev–Trinajstić information content (AvgIpc) is 4.05. The molecule has 0 bridgehead atoms. The van der Waals surface area contributed by atoms with Crippen LogP contribution in [-0.4, -0.2) is 29.6 Å². The highest BCUT2D eigenvalue weighted by Gasteiger charge is 2.35. The monoisotopic (exact) mass is 1040 g/mol. The number of aromatic nitrogens is 5. The van der Waals surface area contributed by atoms with Gasteiger partial charge in [0, 0.05) is 46.4 Å². The Morgan fingerprint density at radius 1 is 0.410 bits per heavy atom. The van der Waals surface area contributed by atoms with Gasteiger partial charge in [-0.2, -0.15) is 13.2 Å². The number of imidazole rings is 1. The molecule has 1 N–H and O–H groups in total. The zero-order valence-electron chi connectivity index (χ0n) is 46.6. The van der Waals surface area contributed by atoms with E-state index in [-0.39, 0.29) is 16.6 Å². The summed E-state index contributed by atoms with van der Waals surface area (Å²) in [5.41, 5.74) is 16.7. The molecule has 0 radical (unpaired) electrons. The maximum Gasteiger partial charge on any atom is 0.451 e. The van der Waals surface area contributed by atoms with Crippen LogP contribution >= 0.6 is 0 Å². The highest BCUT2D eigenvalue weighted by atomic mass is 19.4. The maximum absolute atomic E-state index is 13.6. The predicted molar refractivity (Wildman–Crippen MR) is 314 cm³/mol. The van der Waals surface area contributed by atoms with Crippen LogP contribution in [0.3, 0.4) is 0 Å². The first-order valence-corrected chi connectivity index (χ1v) is 26.6. The Balaban J connectivity index is 1.28. The van der Waals surface area contributed by atoms with Crippen LogP contribution in [0.25, 0.3) is 95.0 Å². The van der Waals surface area contributed by atoms with E-state index in [1.54, 1.807) is 0 Å². The Kier molecular flexibility index (Phi) is 13.4. The van der Waals surface area contributed by atoms with Crippen LogP contribution in [0.1, 0.15) is 111 Å². The van der Waals surface area contributed by atoms with Crippen molar-refractivity contribution >= 4 is 11.0 Å². The van der Waals surface area contributed by atoms with Crippen LogP contribution in [-0.2, 0) is 27.8 Å². The number of alkyl halides is 3. The standard InChI is InChI=1S/C69H66F3N5O/c1-65(2,3)50-27-29-59(54(37-50)43-22-17-14-18-23-43)77-60-25-19-24-53(61(60)76-63(77)55-38-51(66(4,5)6)39-57(62(55)78)68(10,11)12)47-32-46(33-48(34-47)58-36-45(30-31-73-58)42-20-15-13-16-21-42)52-28-26-44(35-56(52)67(7,8)9)49-40-74-64(75-41-49)69(70,71)72/h13-41,78H,1-12H3. The summed E-state index contributed by atoms with van der Waals surface area (Å²) >= 11 is 0. The van der Waals surface area contributed by atoms with Gasteiger partial charge in [0.1, 0.15) is 11.6 Å². The molecule has 78 heavy (non-hydrogen) atoms. The van der Waals surface area contributed by atoms with Crippen molar-refractivity contribution in [2.75, 3.05) is 0 Å². The third-order valence-electron chi connectivity index (χ3n) is 14.7. The summed E-state index contributed by atoms with van der Waals surface area (Å²) < 4.78 is 43.0. The van der Waals surface area contributed by atoms with Crippen LogP contribution < -0.4 is 0 Å². The molecule has 3 heterocycles. The van der Waals surface area contributed by atoms with Gasteiger partial charge in [0.2, 0.25) is 5.82 Å². The van der Waals surface area contributed by atoms with E-state index in [1.165, 1.54) is 18.0 Å². The molecular weight excluding hydrogens is 972 g/mol. The Labute approximate surface area is 456 Å². The second-order valence-corrected chi connectivity index (χ2v) is 24.6. The number of benzene rings is 7. The minimum Gasteiger partial charge on any atom is -0.507 e. The molecule has 3 aromatic heterocycles. The summed E-state index contributed by atoms with van der Waals surface area (Å²) in [5, 5.41) is 12.7. The van der Waals surface area contributed by atoms with Crippen LogP contribution in [0.5, 0.6) is 5.75 Å². The van der Waals surface area contributed by atoms with E-state index in [0.717, 1.165) is 89.2 Å². The molecule has 0 atom stereocenters. The molecule has 10 aromatic rings. The number of nitrogens with zero attached hydrogens (tertiary/aromatic N) is 5. The van der Waals surface area contributed by atoms with Gasteiger partial charge in [-0.15, -0.1) is 0 Å². The molecule has 0 saturated heterocycles. The summed E-state index contributed by atoms with van der Waals surface area (Å²) in [6, 6.07) is 54.7. The lowest BCUT2D eigenvalue weighted by Crippen LogP contribution is -2.17. The van der Waals surface area contributed by atoms with Gasteiger partial charge in [-0.05, 0) is 138 Å². The van der Waals surface area contributed by atoms with E-state index < -0.39 is 22.8 Å². The largest absolute Gasteiger partial charge is 0.507 e. The summed E-state index contributed by atoms with van der Waals surface area (Å²) in [6.07, 6.45) is -0.335. The van der Waals surface area contributed by atoms with E-state index in [4.69, 9.17) is 9.97 Å². The fraction of sp³-hybridized carbons (Fsp3) is 0.246. The van der Waals surface area contributed by atoms with E-state index >= 15 is 0 Å². The molecule has 0 amide bonds. The van der Waals surface area contributed by atoms with E-state index in [2.05, 4.69) is 207 Å². The molecule has 394 valence electrons. The molecule has 0 unspecified atom stereocenters. The third kappa shape index (κ3) is 10.5. The lowest BCUT2D eigenvalue weighted by atomic mass is 9.79. The predicted octanol–water partition coefficient (Wildman–Crippen LogP) is 18.8. The molecule has 0 aliphatic rings. The lowest BCUT2D eigenvalue weighted by Gasteiger charge is -2.28. The van der Waals surface area contributed by atoms with Gasteiger partial charge < -0.3 is 5.11 Å². The fourth-order valence-electron chi connectivity index (χ4n) is 10.3. The Morgan fingerprint density at radius 3 is 1.62 bits per heavy atom. The molecule has 0 aliphatic carbocycles. The lowest BCUT2D eigenvalue weighted by molar-refractivity contribution is -0.145. The Bertz CT molecular complexity index is 3870. The first-order chi connectivity index (χ1) is 36.7. The quantitative estimate of drug-likeness (QED) is 0.164. The minimum atomic E-state index is -4.65. The number of hydrogen-bond acceptors (Lipinski definition) is 5. The van der Waals surface area contributed by atoms with Crippen LogP contribution in [0.2, 0.25) is 0 Å². The van der Waals surface area contributed by atoms with Crippen molar-refractivity contribution in [3.8, 4) is 89.7 Å². The molecule has 0 fully saturated rings. The first kappa shape index (κ1) is 53.2. The number of phenols is 1. The third-order valence-corrected chi connectivity index (χ3v) is 14.7. The number of rotatable bonds is 8. The van der Waals surface area contributed by atoms with E-state index in [0.29, 0.717) is 22.5 Å². The molecular formula is C69H66F3N5O. The van der Waals surface area contributed by atoms with Crippen molar-refractivity contribution in [2.45, 2.75) is 111 Å². The van der Waals surface area contributed by atoms with Crippen LogP contribution in [0, 0.1) is 0 Å². The molecule has 0 saturated carbocycles. The second-order valence-electron chi connectivity index (χ2n) is 24.6. The summed E-state index contributed by atoms with van der Waals surface area (Å²) in [6.45, 7) is 26.1. The number of aromatic hydroxyl groups is 1. The van der Waals surface area contributed by atoms with Gasteiger partial charge in [0.05, 0.1) is 28.0 Å². The Morgan fingerprint density at radius 2 is 1.00 bits per heavy atom.